The van der Waals surface area contributed by atoms with Crippen LogP contribution in [0.15, 0.2) is 70.6 Å². The number of halogens is 1. The molecule has 0 radical (unpaired) electrons. The lowest BCUT2D eigenvalue weighted by atomic mass is 9.92. The second-order valence-corrected chi connectivity index (χ2v) is 6.15. The number of rotatable bonds is 4. The molecule has 0 spiro atoms. The van der Waals surface area contributed by atoms with Crippen LogP contribution >= 0.6 is 15.9 Å². The van der Waals surface area contributed by atoms with Gasteiger partial charge in [-0.25, -0.2) is 0 Å². The standard InChI is InChI=1S/C20H15BrO4/c1-24-19-15(17(22)20(25-2)16(21)18(19)23)14-10-8-13(9-11-14)12-6-4-3-5-7-12/h3-11H,1-2H3. The quantitative estimate of drug-likeness (QED) is 0.726. The van der Waals surface area contributed by atoms with Crippen molar-refractivity contribution in [3.05, 3.63) is 76.2 Å². The van der Waals surface area contributed by atoms with Crippen molar-refractivity contribution in [3.63, 3.8) is 0 Å². The van der Waals surface area contributed by atoms with E-state index in [9.17, 15) is 9.59 Å². The highest BCUT2D eigenvalue weighted by Crippen LogP contribution is 2.35. The first-order valence-electron chi connectivity index (χ1n) is 7.55. The Bertz CT molecular complexity index is 893. The molecule has 0 aromatic heterocycles. The Labute approximate surface area is 153 Å². The second kappa shape index (κ2) is 7.07. The zero-order valence-electron chi connectivity index (χ0n) is 13.7. The summed E-state index contributed by atoms with van der Waals surface area (Å²) in [5, 5.41) is 0. The summed E-state index contributed by atoms with van der Waals surface area (Å²) in [5.41, 5.74) is 2.89. The fraction of sp³-hybridized carbons (Fsp3) is 0.100. The van der Waals surface area contributed by atoms with Gasteiger partial charge in [0.15, 0.2) is 11.5 Å². The number of methoxy groups -OCH3 is 2. The molecule has 126 valence electrons. The lowest BCUT2D eigenvalue weighted by Crippen LogP contribution is -2.23. The Kier molecular flexibility index (Phi) is 4.86. The number of hydrogen-bond acceptors (Lipinski definition) is 4. The van der Waals surface area contributed by atoms with Crippen molar-refractivity contribution in [3.8, 4) is 11.1 Å². The highest BCUT2D eigenvalue weighted by molar-refractivity contribution is 9.12. The molecule has 0 heterocycles. The molecule has 3 rings (SSSR count). The van der Waals surface area contributed by atoms with Crippen molar-refractivity contribution in [1.29, 1.82) is 0 Å². The monoisotopic (exact) mass is 398 g/mol. The van der Waals surface area contributed by atoms with Gasteiger partial charge in [0.1, 0.15) is 4.48 Å². The van der Waals surface area contributed by atoms with Crippen molar-refractivity contribution < 1.29 is 19.1 Å². The molecule has 0 amide bonds. The summed E-state index contributed by atoms with van der Waals surface area (Å²) in [6.07, 6.45) is 0. The number of carbonyl (C=O) groups is 2. The molecule has 1 aliphatic carbocycles. The van der Waals surface area contributed by atoms with Gasteiger partial charge in [-0.05, 0) is 32.6 Å². The SMILES string of the molecule is COC1=C(Br)C(=O)C(OC)=C(c2ccc(-c3ccccc3)cc2)C1=O. The van der Waals surface area contributed by atoms with Crippen LogP contribution in [0.25, 0.3) is 16.7 Å². The second-order valence-electron chi connectivity index (χ2n) is 5.36. The van der Waals surface area contributed by atoms with Crippen LogP contribution < -0.4 is 0 Å². The first-order valence-corrected chi connectivity index (χ1v) is 8.35. The van der Waals surface area contributed by atoms with Crippen LogP contribution in [0.1, 0.15) is 5.56 Å². The van der Waals surface area contributed by atoms with Crippen LogP contribution in [0.4, 0.5) is 0 Å². The minimum Gasteiger partial charge on any atom is -0.492 e. The summed E-state index contributed by atoms with van der Waals surface area (Å²) in [6, 6.07) is 17.3. The number of Topliss-reactive ketones (excluding diaryl/α,β-unsaturated/α-hetero) is 2. The molecule has 2 aromatic rings. The molecular weight excluding hydrogens is 384 g/mol. The maximum Gasteiger partial charge on any atom is 0.239 e. The summed E-state index contributed by atoms with van der Waals surface area (Å²) < 4.78 is 10.4. The predicted octanol–water partition coefficient (Wildman–Crippen LogP) is 4.12. The van der Waals surface area contributed by atoms with E-state index in [0.717, 1.165) is 11.1 Å². The minimum absolute atomic E-state index is 0.00476. The topological polar surface area (TPSA) is 52.6 Å². The normalized spacial score (nSPS) is 14.8. The van der Waals surface area contributed by atoms with Crippen molar-refractivity contribution >= 4 is 33.1 Å². The van der Waals surface area contributed by atoms with E-state index in [1.807, 2.05) is 42.5 Å². The Hall–Kier alpha value is -2.66. The fourth-order valence-electron chi connectivity index (χ4n) is 2.73. The number of benzene rings is 2. The molecule has 0 N–H and O–H groups in total. The van der Waals surface area contributed by atoms with E-state index in [1.165, 1.54) is 14.2 Å². The Morgan fingerprint density at radius 2 is 1.20 bits per heavy atom. The van der Waals surface area contributed by atoms with Crippen LogP contribution in [-0.2, 0) is 19.1 Å². The van der Waals surface area contributed by atoms with Gasteiger partial charge in [-0.2, -0.15) is 0 Å². The van der Waals surface area contributed by atoms with Gasteiger partial charge in [-0.15, -0.1) is 0 Å². The highest BCUT2D eigenvalue weighted by atomic mass is 79.9. The van der Waals surface area contributed by atoms with E-state index in [0.29, 0.717) is 5.56 Å². The van der Waals surface area contributed by atoms with Crippen molar-refractivity contribution in [1.82, 2.24) is 0 Å². The molecule has 0 unspecified atom stereocenters. The van der Waals surface area contributed by atoms with Gasteiger partial charge in [0.05, 0.1) is 19.8 Å². The maximum absolute atomic E-state index is 12.7. The van der Waals surface area contributed by atoms with E-state index in [1.54, 1.807) is 12.1 Å². The molecule has 4 nitrogen and oxygen atoms in total. The number of hydrogen-bond donors (Lipinski definition) is 0. The number of carbonyl (C=O) groups excluding carboxylic acids is 2. The Morgan fingerprint density at radius 1 is 0.680 bits per heavy atom. The number of allylic oxidation sites excluding steroid dienone is 2. The lowest BCUT2D eigenvalue weighted by molar-refractivity contribution is -0.118. The van der Waals surface area contributed by atoms with Crippen LogP contribution in [0.5, 0.6) is 0 Å². The van der Waals surface area contributed by atoms with Crippen LogP contribution in [-0.4, -0.2) is 25.8 Å². The Balaban J connectivity index is 2.06. The van der Waals surface area contributed by atoms with E-state index in [2.05, 4.69) is 15.9 Å². The van der Waals surface area contributed by atoms with Gasteiger partial charge in [0, 0.05) is 0 Å². The lowest BCUT2D eigenvalue weighted by Gasteiger charge is -2.19. The van der Waals surface area contributed by atoms with Gasteiger partial charge in [-0.3, -0.25) is 9.59 Å². The summed E-state index contributed by atoms with van der Waals surface area (Å²) in [6.45, 7) is 0. The molecule has 0 fully saturated rings. The molecule has 0 aliphatic heterocycles. The van der Waals surface area contributed by atoms with E-state index in [4.69, 9.17) is 9.47 Å². The zero-order valence-corrected chi connectivity index (χ0v) is 15.3. The van der Waals surface area contributed by atoms with Gasteiger partial charge in [0.25, 0.3) is 0 Å². The van der Waals surface area contributed by atoms with Crippen LogP contribution in [0.3, 0.4) is 0 Å². The van der Waals surface area contributed by atoms with E-state index < -0.39 is 11.6 Å². The summed E-state index contributed by atoms with van der Waals surface area (Å²) in [4.78, 5) is 25.2. The van der Waals surface area contributed by atoms with E-state index in [-0.39, 0.29) is 21.6 Å². The van der Waals surface area contributed by atoms with Crippen molar-refractivity contribution in [2.75, 3.05) is 14.2 Å². The molecule has 1 aliphatic rings. The Morgan fingerprint density at radius 3 is 1.76 bits per heavy atom. The molecule has 25 heavy (non-hydrogen) atoms. The van der Waals surface area contributed by atoms with Crippen LogP contribution in [0.2, 0.25) is 0 Å². The van der Waals surface area contributed by atoms with Gasteiger partial charge >= 0.3 is 0 Å². The molecule has 0 bridgehead atoms. The summed E-state index contributed by atoms with van der Waals surface area (Å²) in [7, 11) is 2.73. The number of ketones is 2. The molecule has 0 saturated heterocycles. The van der Waals surface area contributed by atoms with Gasteiger partial charge < -0.3 is 9.47 Å². The third kappa shape index (κ3) is 3.03. The fourth-order valence-corrected chi connectivity index (χ4v) is 3.25. The molecule has 5 heteroatoms. The number of ether oxygens (including phenoxy) is 2. The van der Waals surface area contributed by atoms with Crippen molar-refractivity contribution in [2.24, 2.45) is 0 Å². The smallest absolute Gasteiger partial charge is 0.239 e. The zero-order chi connectivity index (χ0) is 18.0. The molecule has 0 saturated carbocycles. The average Bonchev–Trinajstić information content (AvgIpc) is 2.66. The average molecular weight is 399 g/mol. The molecular formula is C20H15BrO4. The van der Waals surface area contributed by atoms with Crippen molar-refractivity contribution in [2.45, 2.75) is 0 Å². The minimum atomic E-state index is -0.416. The van der Waals surface area contributed by atoms with Crippen LogP contribution in [0, 0.1) is 0 Å². The maximum atomic E-state index is 12.7. The third-order valence-corrected chi connectivity index (χ3v) is 4.67. The van der Waals surface area contributed by atoms with Gasteiger partial charge in [-0.1, -0.05) is 54.6 Å². The molecule has 0 atom stereocenters. The first-order chi connectivity index (χ1) is 12.1. The summed E-state index contributed by atoms with van der Waals surface area (Å²) in [5.74, 6) is -0.822. The first kappa shape index (κ1) is 17.2. The summed E-state index contributed by atoms with van der Waals surface area (Å²) >= 11 is 3.11. The van der Waals surface area contributed by atoms with Gasteiger partial charge in [0.2, 0.25) is 11.6 Å². The highest BCUT2D eigenvalue weighted by Gasteiger charge is 2.36. The third-order valence-electron chi connectivity index (χ3n) is 3.95. The largest absolute Gasteiger partial charge is 0.492 e. The van der Waals surface area contributed by atoms with E-state index >= 15 is 0 Å². The molecule has 2 aromatic carbocycles. The predicted molar refractivity (Wildman–Crippen MR) is 98.8 cm³/mol.